The summed E-state index contributed by atoms with van der Waals surface area (Å²) in [7, 11) is 2.05. The minimum absolute atomic E-state index is 0.254. The molecule has 1 fully saturated rings. The first kappa shape index (κ1) is 16.4. The molecule has 1 aromatic carbocycles. The molecule has 132 valence electrons. The van der Waals surface area contributed by atoms with Gasteiger partial charge in [-0.3, -0.25) is 4.79 Å². The number of carbonyl (C=O) groups is 1. The Hall–Kier alpha value is -2.10. The molecule has 4 nitrogen and oxygen atoms in total. The van der Waals surface area contributed by atoms with E-state index < -0.39 is 0 Å². The number of rotatable bonds is 3. The molecule has 1 aliphatic carbocycles. The number of aryl methyl sites for hydroxylation is 4. The maximum Gasteiger partial charge on any atom is 0.227 e. The Labute approximate surface area is 149 Å². The molecule has 0 unspecified atom stereocenters. The van der Waals surface area contributed by atoms with Crippen LogP contribution < -0.4 is 0 Å². The van der Waals surface area contributed by atoms with Crippen LogP contribution in [0.1, 0.15) is 53.4 Å². The summed E-state index contributed by atoms with van der Waals surface area (Å²) in [6.45, 7) is 3.67. The minimum atomic E-state index is 0.254. The molecule has 1 aliphatic heterocycles. The van der Waals surface area contributed by atoms with Gasteiger partial charge < -0.3 is 9.47 Å². The first-order chi connectivity index (χ1) is 12.1. The Bertz CT molecular complexity index is 792. The number of imidazole rings is 1. The average molecular weight is 337 g/mol. The molecule has 1 aromatic heterocycles. The van der Waals surface area contributed by atoms with Crippen molar-refractivity contribution in [3.8, 4) is 0 Å². The summed E-state index contributed by atoms with van der Waals surface area (Å²) in [4.78, 5) is 19.4. The lowest BCUT2D eigenvalue weighted by molar-refractivity contribution is -0.129. The molecule has 1 amide bonds. The summed E-state index contributed by atoms with van der Waals surface area (Å²) in [6, 6.07) is 6.65. The fraction of sp³-hybridized carbons (Fsp3) is 0.524. The van der Waals surface area contributed by atoms with E-state index in [1.165, 1.54) is 42.4 Å². The number of fused-ring (bicyclic) bond motifs is 1. The van der Waals surface area contributed by atoms with Crippen molar-refractivity contribution >= 4 is 5.91 Å². The van der Waals surface area contributed by atoms with E-state index in [1.54, 1.807) is 0 Å². The summed E-state index contributed by atoms with van der Waals surface area (Å²) in [6.07, 6.45) is 8.54. The van der Waals surface area contributed by atoms with Gasteiger partial charge in [-0.25, -0.2) is 4.98 Å². The standard InChI is InChI=1S/C21H27N3O/c1-15-13-23(2)21(22-15)19-9-10-24(14-19)20(25)12-16-7-8-17-5-3-4-6-18(17)11-16/h7-8,11,13,19H,3-6,9-10,12,14H2,1-2H3/t19-/m0/s1. The van der Waals surface area contributed by atoms with Crippen molar-refractivity contribution in [1.29, 1.82) is 0 Å². The predicted molar refractivity (Wildman–Crippen MR) is 98.7 cm³/mol. The van der Waals surface area contributed by atoms with Crippen LogP contribution in [0.2, 0.25) is 0 Å². The van der Waals surface area contributed by atoms with Crippen molar-refractivity contribution in [2.45, 2.75) is 51.4 Å². The summed E-state index contributed by atoms with van der Waals surface area (Å²) in [5.74, 6) is 1.73. The highest BCUT2D eigenvalue weighted by Crippen LogP contribution is 2.27. The van der Waals surface area contributed by atoms with E-state index in [0.717, 1.165) is 31.0 Å². The van der Waals surface area contributed by atoms with Crippen molar-refractivity contribution in [3.63, 3.8) is 0 Å². The molecule has 0 bridgehead atoms. The second-order valence-electron chi connectivity index (χ2n) is 7.66. The molecule has 0 radical (unpaired) electrons. The number of amides is 1. The average Bonchev–Trinajstić information content (AvgIpc) is 3.21. The monoisotopic (exact) mass is 337 g/mol. The Morgan fingerprint density at radius 2 is 2.04 bits per heavy atom. The number of likely N-dealkylation sites (tertiary alicyclic amines) is 1. The van der Waals surface area contributed by atoms with Crippen LogP contribution >= 0.6 is 0 Å². The van der Waals surface area contributed by atoms with E-state index in [1.807, 2.05) is 18.9 Å². The van der Waals surface area contributed by atoms with Gasteiger partial charge in [0.25, 0.3) is 0 Å². The van der Waals surface area contributed by atoms with Crippen molar-refractivity contribution in [2.24, 2.45) is 7.05 Å². The Balaban J connectivity index is 1.41. The largest absolute Gasteiger partial charge is 0.342 e. The van der Waals surface area contributed by atoms with Gasteiger partial charge in [-0.2, -0.15) is 0 Å². The third-order valence-corrected chi connectivity index (χ3v) is 5.71. The number of nitrogens with zero attached hydrogens (tertiary/aromatic N) is 3. The molecule has 1 atom stereocenters. The number of hydrogen-bond acceptors (Lipinski definition) is 2. The van der Waals surface area contributed by atoms with Crippen molar-refractivity contribution < 1.29 is 4.79 Å². The van der Waals surface area contributed by atoms with Gasteiger partial charge in [0, 0.05) is 32.3 Å². The van der Waals surface area contributed by atoms with E-state index in [-0.39, 0.29) is 5.91 Å². The summed E-state index contributed by atoms with van der Waals surface area (Å²) >= 11 is 0. The second-order valence-corrected chi connectivity index (χ2v) is 7.66. The molecule has 0 spiro atoms. The second kappa shape index (κ2) is 6.66. The number of aromatic nitrogens is 2. The minimum Gasteiger partial charge on any atom is -0.342 e. The SMILES string of the molecule is Cc1cn(C)c([C@H]2CCN(C(=O)Cc3ccc4c(c3)CCCC4)C2)n1. The van der Waals surface area contributed by atoms with Crippen LogP contribution in [0, 0.1) is 6.92 Å². The highest BCUT2D eigenvalue weighted by atomic mass is 16.2. The van der Waals surface area contributed by atoms with Crippen LogP contribution in [0.25, 0.3) is 0 Å². The molecule has 0 N–H and O–H groups in total. The molecular weight excluding hydrogens is 310 g/mol. The predicted octanol–water partition coefficient (Wildman–Crippen LogP) is 3.17. The quantitative estimate of drug-likeness (QED) is 0.863. The first-order valence-electron chi connectivity index (χ1n) is 9.48. The lowest BCUT2D eigenvalue weighted by Gasteiger charge is -2.19. The zero-order valence-electron chi connectivity index (χ0n) is 15.3. The Morgan fingerprint density at radius 3 is 2.80 bits per heavy atom. The van der Waals surface area contributed by atoms with Crippen LogP contribution in [0.3, 0.4) is 0 Å². The molecule has 2 heterocycles. The first-order valence-corrected chi connectivity index (χ1v) is 9.48. The van der Waals surface area contributed by atoms with E-state index in [2.05, 4.69) is 33.9 Å². The third kappa shape index (κ3) is 3.35. The fourth-order valence-electron chi connectivity index (χ4n) is 4.39. The van der Waals surface area contributed by atoms with Gasteiger partial charge in [-0.05, 0) is 55.7 Å². The molecule has 0 saturated carbocycles. The van der Waals surface area contributed by atoms with Gasteiger partial charge in [0.15, 0.2) is 0 Å². The topological polar surface area (TPSA) is 38.1 Å². The number of carbonyl (C=O) groups excluding carboxylic acids is 1. The lowest BCUT2D eigenvalue weighted by Crippen LogP contribution is -2.30. The Morgan fingerprint density at radius 1 is 1.24 bits per heavy atom. The van der Waals surface area contributed by atoms with Crippen molar-refractivity contribution in [2.75, 3.05) is 13.1 Å². The van der Waals surface area contributed by atoms with Gasteiger partial charge in [-0.15, -0.1) is 0 Å². The zero-order valence-corrected chi connectivity index (χ0v) is 15.3. The van der Waals surface area contributed by atoms with Gasteiger partial charge in [0.1, 0.15) is 5.82 Å². The highest BCUT2D eigenvalue weighted by molar-refractivity contribution is 5.79. The summed E-state index contributed by atoms with van der Waals surface area (Å²) in [5.41, 5.74) is 5.16. The molecule has 4 heteroatoms. The Kier molecular flexibility index (Phi) is 4.36. The number of benzene rings is 1. The normalized spacial score (nSPS) is 19.9. The molecule has 2 aliphatic rings. The van der Waals surface area contributed by atoms with Crippen LogP contribution in [0.15, 0.2) is 24.4 Å². The maximum atomic E-state index is 12.7. The fourth-order valence-corrected chi connectivity index (χ4v) is 4.39. The summed E-state index contributed by atoms with van der Waals surface area (Å²) in [5, 5.41) is 0. The zero-order chi connectivity index (χ0) is 17.4. The molecule has 2 aromatic rings. The van der Waals surface area contributed by atoms with Gasteiger partial charge in [0.2, 0.25) is 5.91 Å². The van der Waals surface area contributed by atoms with Crippen LogP contribution in [-0.2, 0) is 31.1 Å². The number of hydrogen-bond donors (Lipinski definition) is 0. The van der Waals surface area contributed by atoms with Gasteiger partial charge in [0.05, 0.1) is 12.1 Å². The van der Waals surface area contributed by atoms with Crippen molar-refractivity contribution in [3.05, 3.63) is 52.6 Å². The molecular formula is C21H27N3O. The molecule has 25 heavy (non-hydrogen) atoms. The van der Waals surface area contributed by atoms with Crippen LogP contribution in [0.5, 0.6) is 0 Å². The smallest absolute Gasteiger partial charge is 0.227 e. The maximum absolute atomic E-state index is 12.7. The van der Waals surface area contributed by atoms with E-state index >= 15 is 0 Å². The van der Waals surface area contributed by atoms with Crippen LogP contribution in [0.4, 0.5) is 0 Å². The van der Waals surface area contributed by atoms with E-state index in [0.29, 0.717) is 12.3 Å². The van der Waals surface area contributed by atoms with Crippen molar-refractivity contribution in [1.82, 2.24) is 14.5 Å². The summed E-state index contributed by atoms with van der Waals surface area (Å²) < 4.78 is 2.11. The highest BCUT2D eigenvalue weighted by Gasteiger charge is 2.29. The lowest BCUT2D eigenvalue weighted by atomic mass is 9.90. The third-order valence-electron chi connectivity index (χ3n) is 5.71. The van der Waals surface area contributed by atoms with Gasteiger partial charge in [-0.1, -0.05) is 18.2 Å². The molecule has 4 rings (SSSR count). The van der Waals surface area contributed by atoms with E-state index in [9.17, 15) is 4.79 Å². The molecule has 1 saturated heterocycles. The van der Waals surface area contributed by atoms with Gasteiger partial charge >= 0.3 is 0 Å². The van der Waals surface area contributed by atoms with E-state index in [4.69, 9.17) is 0 Å². The van der Waals surface area contributed by atoms with Crippen LogP contribution in [-0.4, -0.2) is 33.4 Å².